The minimum absolute atomic E-state index is 0.702. The molecule has 6 nitrogen and oxygen atoms in total. The average molecular weight is 351 g/mol. The molecule has 2 heterocycles. The Kier molecular flexibility index (Phi) is 4.15. The zero-order valence-electron chi connectivity index (χ0n) is 14.0. The monoisotopic (exact) mass is 351 g/mol. The van der Waals surface area contributed by atoms with Crippen molar-refractivity contribution in [1.29, 1.82) is 0 Å². The van der Waals surface area contributed by atoms with Crippen molar-refractivity contribution in [2.45, 2.75) is 10.9 Å². The van der Waals surface area contributed by atoms with Gasteiger partial charge in [-0.3, -0.25) is 4.57 Å². The Bertz CT molecular complexity index is 1010. The molecule has 0 aliphatic heterocycles. The molecule has 0 saturated carbocycles. The van der Waals surface area contributed by atoms with E-state index in [1.165, 1.54) is 0 Å². The van der Waals surface area contributed by atoms with Crippen molar-refractivity contribution >= 4 is 22.8 Å². The third-order valence-electron chi connectivity index (χ3n) is 3.96. The Hall–Kier alpha value is -2.80. The quantitative estimate of drug-likeness (QED) is 0.516. The van der Waals surface area contributed by atoms with Crippen molar-refractivity contribution in [2.75, 3.05) is 7.11 Å². The molecule has 0 aliphatic carbocycles. The number of hydrogen-bond acceptors (Lipinski definition) is 5. The second kappa shape index (κ2) is 6.60. The molecule has 0 bridgehead atoms. The van der Waals surface area contributed by atoms with E-state index in [9.17, 15) is 0 Å². The number of nitrogens with zero attached hydrogens (tertiary/aromatic N) is 5. The number of rotatable bonds is 5. The molecule has 0 fully saturated rings. The molecule has 0 radical (unpaired) electrons. The SMILES string of the molecule is COc1ccc(-n2c(CSc3nncn3C)nc3ccccc32)cc1. The smallest absolute Gasteiger partial charge is 0.191 e. The fourth-order valence-corrected chi connectivity index (χ4v) is 3.53. The molecule has 0 spiro atoms. The highest BCUT2D eigenvalue weighted by molar-refractivity contribution is 7.98. The maximum absolute atomic E-state index is 5.27. The Morgan fingerprint density at radius 3 is 2.60 bits per heavy atom. The van der Waals surface area contributed by atoms with Crippen LogP contribution in [-0.2, 0) is 12.8 Å². The minimum Gasteiger partial charge on any atom is -0.497 e. The first-order valence-electron chi connectivity index (χ1n) is 7.84. The highest BCUT2D eigenvalue weighted by Crippen LogP contribution is 2.27. The van der Waals surface area contributed by atoms with E-state index in [1.807, 2.05) is 54.1 Å². The van der Waals surface area contributed by atoms with Gasteiger partial charge in [0, 0.05) is 12.7 Å². The average Bonchev–Trinajstić information content (AvgIpc) is 3.23. The highest BCUT2D eigenvalue weighted by Gasteiger charge is 2.14. The van der Waals surface area contributed by atoms with E-state index in [4.69, 9.17) is 9.72 Å². The Morgan fingerprint density at radius 1 is 1.08 bits per heavy atom. The molecule has 0 unspecified atom stereocenters. The lowest BCUT2D eigenvalue weighted by Crippen LogP contribution is -2.01. The van der Waals surface area contributed by atoms with E-state index in [-0.39, 0.29) is 0 Å². The lowest BCUT2D eigenvalue weighted by atomic mass is 10.2. The topological polar surface area (TPSA) is 57.8 Å². The van der Waals surface area contributed by atoms with E-state index < -0.39 is 0 Å². The van der Waals surface area contributed by atoms with Gasteiger partial charge in [-0.25, -0.2) is 4.98 Å². The zero-order valence-corrected chi connectivity index (χ0v) is 14.8. The summed E-state index contributed by atoms with van der Waals surface area (Å²) in [6, 6.07) is 16.2. The van der Waals surface area contributed by atoms with E-state index in [1.54, 1.807) is 25.2 Å². The van der Waals surface area contributed by atoms with E-state index in [0.717, 1.165) is 33.5 Å². The standard InChI is InChI=1S/C18H17N5OS/c1-22-12-19-21-18(22)25-11-17-20-15-5-3-4-6-16(15)23(17)13-7-9-14(24-2)10-8-13/h3-10,12H,11H2,1-2H3. The van der Waals surface area contributed by atoms with Crippen molar-refractivity contribution in [3.05, 3.63) is 60.7 Å². The highest BCUT2D eigenvalue weighted by atomic mass is 32.2. The molecule has 7 heteroatoms. The van der Waals surface area contributed by atoms with E-state index in [2.05, 4.69) is 20.8 Å². The first-order valence-corrected chi connectivity index (χ1v) is 8.82. The summed E-state index contributed by atoms with van der Waals surface area (Å²) < 4.78 is 9.35. The van der Waals surface area contributed by atoms with Gasteiger partial charge in [0.25, 0.3) is 0 Å². The molecule has 0 aliphatic rings. The Labute approximate surface area is 149 Å². The summed E-state index contributed by atoms with van der Waals surface area (Å²) in [4.78, 5) is 4.81. The lowest BCUT2D eigenvalue weighted by molar-refractivity contribution is 0.414. The van der Waals surface area contributed by atoms with Gasteiger partial charge in [0.05, 0.1) is 23.9 Å². The summed E-state index contributed by atoms with van der Waals surface area (Å²) in [5.74, 6) is 2.51. The van der Waals surface area contributed by atoms with E-state index >= 15 is 0 Å². The summed E-state index contributed by atoms with van der Waals surface area (Å²) in [7, 11) is 3.61. The number of ether oxygens (including phenoxy) is 1. The van der Waals surface area contributed by atoms with Crippen LogP contribution in [0.3, 0.4) is 0 Å². The fraction of sp³-hybridized carbons (Fsp3) is 0.167. The summed E-state index contributed by atoms with van der Waals surface area (Å²) in [6.45, 7) is 0. The molecule has 2 aromatic carbocycles. The zero-order chi connectivity index (χ0) is 17.2. The Balaban J connectivity index is 1.76. The molecule has 25 heavy (non-hydrogen) atoms. The third-order valence-corrected chi connectivity index (χ3v) is 4.99. The van der Waals surface area contributed by atoms with Crippen LogP contribution in [0.15, 0.2) is 60.0 Å². The first-order chi connectivity index (χ1) is 12.3. The third kappa shape index (κ3) is 2.98. The number of benzene rings is 2. The van der Waals surface area contributed by atoms with Crippen LogP contribution in [0.2, 0.25) is 0 Å². The number of para-hydroxylation sites is 2. The van der Waals surface area contributed by atoms with Gasteiger partial charge in [-0.2, -0.15) is 0 Å². The van der Waals surface area contributed by atoms with E-state index in [0.29, 0.717) is 5.75 Å². The van der Waals surface area contributed by atoms with Gasteiger partial charge < -0.3 is 9.30 Å². The van der Waals surface area contributed by atoms with Gasteiger partial charge in [-0.1, -0.05) is 23.9 Å². The second-order valence-corrected chi connectivity index (χ2v) is 6.51. The molecule has 0 N–H and O–H groups in total. The largest absolute Gasteiger partial charge is 0.497 e. The van der Waals surface area contributed by atoms with Crippen molar-refractivity contribution < 1.29 is 4.74 Å². The number of thioether (sulfide) groups is 1. The lowest BCUT2D eigenvalue weighted by Gasteiger charge is -2.10. The van der Waals surface area contributed by atoms with Gasteiger partial charge in [-0.05, 0) is 36.4 Å². The number of hydrogen-bond donors (Lipinski definition) is 0. The van der Waals surface area contributed by atoms with Crippen LogP contribution in [0.4, 0.5) is 0 Å². The number of fused-ring (bicyclic) bond motifs is 1. The number of methoxy groups -OCH3 is 1. The van der Waals surface area contributed by atoms with Crippen LogP contribution in [-0.4, -0.2) is 31.4 Å². The maximum Gasteiger partial charge on any atom is 0.191 e. The van der Waals surface area contributed by atoms with Crippen molar-refractivity contribution in [1.82, 2.24) is 24.3 Å². The van der Waals surface area contributed by atoms with Gasteiger partial charge in [0.1, 0.15) is 17.9 Å². The van der Waals surface area contributed by atoms with Crippen LogP contribution in [0.25, 0.3) is 16.7 Å². The molecule has 0 amide bonds. The predicted molar refractivity (Wildman–Crippen MR) is 98.2 cm³/mol. The number of aryl methyl sites for hydroxylation is 1. The van der Waals surface area contributed by atoms with Crippen LogP contribution in [0.5, 0.6) is 5.75 Å². The molecule has 0 saturated heterocycles. The fourth-order valence-electron chi connectivity index (χ4n) is 2.72. The molecule has 4 aromatic rings. The van der Waals surface area contributed by atoms with Gasteiger partial charge in [0.2, 0.25) is 0 Å². The summed E-state index contributed by atoms with van der Waals surface area (Å²) >= 11 is 1.62. The summed E-state index contributed by atoms with van der Waals surface area (Å²) in [5, 5.41) is 8.93. The van der Waals surface area contributed by atoms with Crippen LogP contribution >= 0.6 is 11.8 Å². The maximum atomic E-state index is 5.27. The number of aromatic nitrogens is 5. The molecule has 4 rings (SSSR count). The van der Waals surface area contributed by atoms with Gasteiger partial charge in [-0.15, -0.1) is 10.2 Å². The van der Waals surface area contributed by atoms with Crippen molar-refractivity contribution in [3.63, 3.8) is 0 Å². The molecule has 126 valence electrons. The normalized spacial score (nSPS) is 11.1. The molecule has 2 aromatic heterocycles. The van der Waals surface area contributed by atoms with Crippen molar-refractivity contribution in [2.24, 2.45) is 7.05 Å². The Morgan fingerprint density at radius 2 is 1.88 bits per heavy atom. The molecule has 0 atom stereocenters. The van der Waals surface area contributed by atoms with Gasteiger partial charge >= 0.3 is 0 Å². The number of imidazole rings is 1. The summed E-state index contributed by atoms with van der Waals surface area (Å²) in [6.07, 6.45) is 1.70. The van der Waals surface area contributed by atoms with Crippen molar-refractivity contribution in [3.8, 4) is 11.4 Å². The van der Waals surface area contributed by atoms with Crippen LogP contribution < -0.4 is 4.74 Å². The second-order valence-electron chi connectivity index (χ2n) is 5.56. The predicted octanol–water partition coefficient (Wildman–Crippen LogP) is 3.45. The molecular weight excluding hydrogens is 334 g/mol. The van der Waals surface area contributed by atoms with Crippen LogP contribution in [0, 0.1) is 0 Å². The van der Waals surface area contributed by atoms with Crippen LogP contribution in [0.1, 0.15) is 5.82 Å². The summed E-state index contributed by atoms with van der Waals surface area (Å²) in [5.41, 5.74) is 3.12. The minimum atomic E-state index is 0.702. The molecular formula is C18H17N5OS. The van der Waals surface area contributed by atoms with Gasteiger partial charge in [0.15, 0.2) is 5.16 Å². The first kappa shape index (κ1) is 15.7.